The highest BCUT2D eigenvalue weighted by molar-refractivity contribution is 5.59. The first-order chi connectivity index (χ1) is 8.38. The molecule has 0 saturated heterocycles. The van der Waals surface area contributed by atoms with E-state index in [0.717, 1.165) is 18.9 Å². The van der Waals surface area contributed by atoms with Crippen LogP contribution in [0.25, 0.3) is 0 Å². The maximum absolute atomic E-state index is 12.8. The first-order valence-electron chi connectivity index (χ1n) is 6.09. The zero-order valence-electron chi connectivity index (χ0n) is 10.6. The molecule has 2 nitrogen and oxygen atoms in total. The van der Waals surface area contributed by atoms with Crippen LogP contribution in [0.2, 0.25) is 0 Å². The van der Waals surface area contributed by atoms with E-state index >= 15 is 0 Å². The molecule has 5 heteroatoms. The highest BCUT2D eigenvalue weighted by Crippen LogP contribution is 2.36. The summed E-state index contributed by atoms with van der Waals surface area (Å²) in [5.41, 5.74) is 4.93. The molecule has 0 aliphatic rings. The second-order valence-electron chi connectivity index (χ2n) is 4.37. The number of alkyl halides is 3. The molecule has 1 rings (SSSR count). The summed E-state index contributed by atoms with van der Waals surface area (Å²) in [6.45, 7) is 4.60. The second-order valence-corrected chi connectivity index (χ2v) is 4.37. The van der Waals surface area contributed by atoms with Gasteiger partial charge in [-0.3, -0.25) is 0 Å². The largest absolute Gasteiger partial charge is 0.418 e. The van der Waals surface area contributed by atoms with Gasteiger partial charge in [-0.05, 0) is 24.1 Å². The Morgan fingerprint density at radius 3 is 2.33 bits per heavy atom. The topological polar surface area (TPSA) is 38.0 Å². The molecule has 0 aromatic heterocycles. The highest BCUT2D eigenvalue weighted by atomic mass is 19.4. The van der Waals surface area contributed by atoms with Gasteiger partial charge in [0.25, 0.3) is 0 Å². The Morgan fingerprint density at radius 1 is 1.22 bits per heavy atom. The zero-order chi connectivity index (χ0) is 13.8. The van der Waals surface area contributed by atoms with Crippen LogP contribution in [0.1, 0.15) is 32.3 Å². The molecule has 0 saturated carbocycles. The normalized spacial score (nSPS) is 11.9. The third-order valence-electron chi connectivity index (χ3n) is 3.08. The van der Waals surface area contributed by atoms with Crippen LogP contribution in [0, 0.1) is 5.92 Å². The fourth-order valence-corrected chi connectivity index (χ4v) is 1.78. The predicted molar refractivity (Wildman–Crippen MR) is 68.4 cm³/mol. The van der Waals surface area contributed by atoms with Crippen LogP contribution < -0.4 is 11.1 Å². The fraction of sp³-hybridized carbons (Fsp3) is 0.538. The zero-order valence-corrected chi connectivity index (χ0v) is 10.6. The van der Waals surface area contributed by atoms with Crippen molar-refractivity contribution in [3.05, 3.63) is 23.8 Å². The summed E-state index contributed by atoms with van der Waals surface area (Å²) in [5.74, 6) is 0.378. The van der Waals surface area contributed by atoms with Crippen LogP contribution in [0.3, 0.4) is 0 Å². The Labute approximate surface area is 105 Å². The molecule has 0 fully saturated rings. The van der Waals surface area contributed by atoms with E-state index in [1.165, 1.54) is 12.1 Å². The molecule has 0 bridgehead atoms. The Balaban J connectivity index is 2.88. The van der Waals surface area contributed by atoms with Gasteiger partial charge < -0.3 is 11.1 Å². The lowest BCUT2D eigenvalue weighted by Crippen LogP contribution is -2.16. The van der Waals surface area contributed by atoms with E-state index in [-0.39, 0.29) is 11.4 Å². The molecule has 0 aliphatic heterocycles. The van der Waals surface area contributed by atoms with Crippen molar-refractivity contribution in [1.82, 2.24) is 0 Å². The van der Waals surface area contributed by atoms with Gasteiger partial charge >= 0.3 is 6.18 Å². The molecule has 3 N–H and O–H groups in total. The average molecular weight is 260 g/mol. The molecule has 0 atom stereocenters. The Kier molecular flexibility index (Phi) is 4.87. The van der Waals surface area contributed by atoms with Crippen LogP contribution in [0.5, 0.6) is 0 Å². The maximum Gasteiger partial charge on any atom is 0.418 e. The first kappa shape index (κ1) is 14.7. The van der Waals surface area contributed by atoms with Gasteiger partial charge in [-0.2, -0.15) is 13.2 Å². The lowest BCUT2D eigenvalue weighted by atomic mass is 10.0. The van der Waals surface area contributed by atoms with Crippen molar-refractivity contribution in [3.8, 4) is 0 Å². The summed E-state index contributed by atoms with van der Waals surface area (Å²) in [6.07, 6.45) is -2.49. The number of rotatable bonds is 5. The molecule has 0 unspecified atom stereocenters. The van der Waals surface area contributed by atoms with Crippen LogP contribution in [-0.4, -0.2) is 6.54 Å². The third-order valence-corrected chi connectivity index (χ3v) is 3.08. The molecule has 0 aliphatic carbocycles. The first-order valence-corrected chi connectivity index (χ1v) is 6.09. The van der Waals surface area contributed by atoms with E-state index in [9.17, 15) is 13.2 Å². The number of halogens is 3. The minimum Gasteiger partial charge on any atom is -0.399 e. The summed E-state index contributed by atoms with van der Waals surface area (Å²) in [7, 11) is 0. The standard InChI is InChI=1S/C13H19F3N2/c1-3-9(4-2)8-18-12-6-5-10(17)7-11(12)13(14,15)16/h5-7,9,18H,3-4,8,17H2,1-2H3. The minimum absolute atomic E-state index is 0.101. The second kappa shape index (κ2) is 5.98. The van der Waals surface area contributed by atoms with Crippen molar-refractivity contribution in [2.75, 3.05) is 17.6 Å². The summed E-state index contributed by atoms with van der Waals surface area (Å²) >= 11 is 0. The van der Waals surface area contributed by atoms with Crippen molar-refractivity contribution in [1.29, 1.82) is 0 Å². The predicted octanol–water partition coefficient (Wildman–Crippen LogP) is 4.14. The number of hydrogen-bond acceptors (Lipinski definition) is 2. The van der Waals surface area contributed by atoms with Crippen LogP contribution in [0.15, 0.2) is 18.2 Å². The van der Waals surface area contributed by atoms with Gasteiger partial charge in [-0.15, -0.1) is 0 Å². The molecule has 102 valence electrons. The van der Waals surface area contributed by atoms with Crippen molar-refractivity contribution < 1.29 is 13.2 Å². The lowest BCUT2D eigenvalue weighted by Gasteiger charge is -2.18. The summed E-state index contributed by atoms with van der Waals surface area (Å²) < 4.78 is 38.5. The summed E-state index contributed by atoms with van der Waals surface area (Å²) in [5, 5.41) is 2.87. The molecule has 0 radical (unpaired) electrons. The van der Waals surface area contributed by atoms with Crippen molar-refractivity contribution in [2.24, 2.45) is 5.92 Å². The SMILES string of the molecule is CCC(CC)CNc1ccc(N)cc1C(F)(F)F. The van der Waals surface area contributed by atoms with E-state index in [0.29, 0.717) is 12.5 Å². The lowest BCUT2D eigenvalue weighted by molar-refractivity contribution is -0.136. The van der Waals surface area contributed by atoms with E-state index < -0.39 is 11.7 Å². The van der Waals surface area contributed by atoms with Gasteiger partial charge in [0.2, 0.25) is 0 Å². The minimum atomic E-state index is -4.38. The van der Waals surface area contributed by atoms with Gasteiger partial charge in [0, 0.05) is 17.9 Å². The van der Waals surface area contributed by atoms with E-state index in [2.05, 4.69) is 5.32 Å². The van der Waals surface area contributed by atoms with Crippen LogP contribution >= 0.6 is 0 Å². The van der Waals surface area contributed by atoms with E-state index in [1.54, 1.807) is 0 Å². The summed E-state index contributed by atoms with van der Waals surface area (Å²) in [4.78, 5) is 0. The number of nitrogen functional groups attached to an aromatic ring is 1. The highest BCUT2D eigenvalue weighted by Gasteiger charge is 2.33. The fourth-order valence-electron chi connectivity index (χ4n) is 1.78. The monoisotopic (exact) mass is 260 g/mol. The number of nitrogens with one attached hydrogen (secondary N) is 1. The Morgan fingerprint density at radius 2 is 1.83 bits per heavy atom. The molecule has 0 spiro atoms. The molecule has 0 heterocycles. The smallest absolute Gasteiger partial charge is 0.399 e. The molecule has 1 aromatic carbocycles. The third kappa shape index (κ3) is 3.82. The molecule has 18 heavy (non-hydrogen) atoms. The van der Waals surface area contributed by atoms with Gasteiger partial charge in [-0.1, -0.05) is 26.7 Å². The quantitative estimate of drug-likeness (QED) is 0.781. The van der Waals surface area contributed by atoms with E-state index in [4.69, 9.17) is 5.73 Å². The van der Waals surface area contributed by atoms with Crippen molar-refractivity contribution in [3.63, 3.8) is 0 Å². The molecule has 1 aromatic rings. The van der Waals surface area contributed by atoms with Gasteiger partial charge in [0.15, 0.2) is 0 Å². The molecular weight excluding hydrogens is 241 g/mol. The van der Waals surface area contributed by atoms with Gasteiger partial charge in [0.05, 0.1) is 5.56 Å². The van der Waals surface area contributed by atoms with Crippen molar-refractivity contribution >= 4 is 11.4 Å². The van der Waals surface area contributed by atoms with Gasteiger partial charge in [-0.25, -0.2) is 0 Å². The number of anilines is 2. The number of nitrogens with two attached hydrogens (primary N) is 1. The number of hydrogen-bond donors (Lipinski definition) is 2. The molecule has 0 amide bonds. The summed E-state index contributed by atoms with van der Waals surface area (Å²) in [6, 6.07) is 3.83. The Hall–Kier alpha value is -1.39. The maximum atomic E-state index is 12.8. The molecular formula is C13H19F3N2. The average Bonchev–Trinajstić information content (AvgIpc) is 2.30. The van der Waals surface area contributed by atoms with Crippen molar-refractivity contribution in [2.45, 2.75) is 32.9 Å². The van der Waals surface area contributed by atoms with E-state index in [1.807, 2.05) is 13.8 Å². The van der Waals surface area contributed by atoms with Crippen LogP contribution in [0.4, 0.5) is 24.5 Å². The Bertz CT molecular complexity index is 384. The van der Waals surface area contributed by atoms with Gasteiger partial charge in [0.1, 0.15) is 0 Å². The number of benzene rings is 1. The van der Waals surface area contributed by atoms with Crippen LogP contribution in [-0.2, 0) is 6.18 Å².